The van der Waals surface area contributed by atoms with Crippen molar-refractivity contribution < 1.29 is 0 Å². The van der Waals surface area contributed by atoms with Gasteiger partial charge in [0.05, 0.1) is 21.8 Å². The van der Waals surface area contributed by atoms with Gasteiger partial charge in [0.2, 0.25) is 0 Å². The molecular formula is C14H16ClN5. The number of aromatic amines is 1. The molecule has 0 spiro atoms. The second kappa shape index (κ2) is 4.83. The molecular weight excluding hydrogens is 274 g/mol. The van der Waals surface area contributed by atoms with E-state index in [1.807, 2.05) is 25.0 Å². The number of pyridine rings is 1. The van der Waals surface area contributed by atoms with Crippen LogP contribution in [0, 0.1) is 0 Å². The first kappa shape index (κ1) is 13.0. The minimum Gasteiger partial charge on any atom is -0.387 e. The Kier molecular flexibility index (Phi) is 3.14. The predicted molar refractivity (Wildman–Crippen MR) is 82.2 cm³/mol. The van der Waals surface area contributed by atoms with Crippen LogP contribution in [0.15, 0.2) is 18.5 Å². The van der Waals surface area contributed by atoms with Crippen LogP contribution >= 0.6 is 11.6 Å². The van der Waals surface area contributed by atoms with Crippen molar-refractivity contribution in [2.24, 2.45) is 7.05 Å². The number of halogens is 1. The van der Waals surface area contributed by atoms with Gasteiger partial charge in [0.1, 0.15) is 5.65 Å². The highest BCUT2D eigenvalue weighted by molar-refractivity contribution is 6.36. The molecule has 104 valence electrons. The molecule has 5 nitrogen and oxygen atoms in total. The molecule has 0 amide bonds. The highest BCUT2D eigenvalue weighted by atomic mass is 35.5. The minimum absolute atomic E-state index is 0.658. The van der Waals surface area contributed by atoms with Crippen LogP contribution in [0.3, 0.4) is 0 Å². The molecule has 0 aliphatic heterocycles. The molecule has 6 heteroatoms. The molecule has 3 aromatic rings. The van der Waals surface area contributed by atoms with E-state index in [0.29, 0.717) is 5.02 Å². The smallest absolute Gasteiger partial charge is 0.140 e. The van der Waals surface area contributed by atoms with Crippen molar-refractivity contribution in [2.45, 2.75) is 13.3 Å². The monoisotopic (exact) mass is 289 g/mol. The quantitative estimate of drug-likeness (QED) is 0.778. The summed E-state index contributed by atoms with van der Waals surface area (Å²) in [5, 5.41) is 9.34. The summed E-state index contributed by atoms with van der Waals surface area (Å²) in [6, 6.07) is 2.09. The number of H-pyrrole nitrogens is 1. The topological polar surface area (TPSA) is 58.5 Å². The van der Waals surface area contributed by atoms with Crippen LogP contribution in [0.1, 0.15) is 12.6 Å². The minimum atomic E-state index is 0.658. The van der Waals surface area contributed by atoms with Crippen molar-refractivity contribution in [2.75, 3.05) is 12.4 Å². The summed E-state index contributed by atoms with van der Waals surface area (Å²) in [5.41, 5.74) is 4.76. The molecule has 2 N–H and O–H groups in total. The number of aromatic nitrogens is 4. The summed E-state index contributed by atoms with van der Waals surface area (Å²) in [6.45, 7) is 2.12. The third-order valence-electron chi connectivity index (χ3n) is 3.52. The second-order valence-corrected chi connectivity index (χ2v) is 5.06. The molecule has 0 saturated carbocycles. The fourth-order valence-electron chi connectivity index (χ4n) is 2.48. The molecule has 3 heterocycles. The maximum atomic E-state index is 6.24. The summed E-state index contributed by atoms with van der Waals surface area (Å²) in [7, 11) is 3.84. The van der Waals surface area contributed by atoms with Gasteiger partial charge in [0, 0.05) is 37.7 Å². The molecule has 0 saturated heterocycles. The predicted octanol–water partition coefficient (Wildman–Crippen LogP) is 3.22. The SMILES string of the molecule is CCc1cc(-c2cnc3[nH]cc(Cl)c3c2NC)nn1C. The number of hydrogen-bond donors (Lipinski definition) is 2. The van der Waals surface area contributed by atoms with Crippen LogP contribution in [0.2, 0.25) is 5.02 Å². The van der Waals surface area contributed by atoms with E-state index < -0.39 is 0 Å². The van der Waals surface area contributed by atoms with Gasteiger partial charge in [-0.1, -0.05) is 18.5 Å². The highest BCUT2D eigenvalue weighted by Crippen LogP contribution is 2.36. The van der Waals surface area contributed by atoms with Crippen LogP contribution < -0.4 is 5.32 Å². The fraction of sp³-hybridized carbons (Fsp3) is 0.286. The summed E-state index contributed by atoms with van der Waals surface area (Å²) in [5.74, 6) is 0. The molecule has 0 fully saturated rings. The zero-order valence-electron chi connectivity index (χ0n) is 11.7. The van der Waals surface area contributed by atoms with Crippen LogP contribution in [0.4, 0.5) is 5.69 Å². The van der Waals surface area contributed by atoms with E-state index in [0.717, 1.165) is 34.4 Å². The van der Waals surface area contributed by atoms with Crippen molar-refractivity contribution in [3.63, 3.8) is 0 Å². The largest absolute Gasteiger partial charge is 0.387 e. The lowest BCUT2D eigenvalue weighted by atomic mass is 10.1. The summed E-state index contributed by atoms with van der Waals surface area (Å²) >= 11 is 6.24. The molecule has 0 bridgehead atoms. The van der Waals surface area contributed by atoms with Crippen LogP contribution in [0.5, 0.6) is 0 Å². The Hall–Kier alpha value is -2.01. The first-order chi connectivity index (χ1) is 9.65. The lowest BCUT2D eigenvalue weighted by Crippen LogP contribution is -1.97. The number of anilines is 1. The van der Waals surface area contributed by atoms with E-state index >= 15 is 0 Å². The van der Waals surface area contributed by atoms with Crippen molar-refractivity contribution in [1.29, 1.82) is 0 Å². The molecule has 3 rings (SSSR count). The van der Waals surface area contributed by atoms with Crippen LogP contribution in [0.25, 0.3) is 22.3 Å². The number of hydrogen-bond acceptors (Lipinski definition) is 3. The van der Waals surface area contributed by atoms with Crippen molar-refractivity contribution in [3.05, 3.63) is 29.2 Å². The van der Waals surface area contributed by atoms with Gasteiger partial charge in [-0.2, -0.15) is 5.10 Å². The summed E-state index contributed by atoms with van der Waals surface area (Å²) < 4.78 is 1.90. The van der Waals surface area contributed by atoms with Gasteiger partial charge in [0.15, 0.2) is 0 Å². The maximum absolute atomic E-state index is 6.24. The van der Waals surface area contributed by atoms with E-state index in [-0.39, 0.29) is 0 Å². The van der Waals surface area contributed by atoms with Crippen molar-refractivity contribution in [1.82, 2.24) is 19.7 Å². The maximum Gasteiger partial charge on any atom is 0.140 e. The van der Waals surface area contributed by atoms with E-state index in [1.165, 1.54) is 5.69 Å². The molecule has 0 aromatic carbocycles. The number of nitrogens with one attached hydrogen (secondary N) is 2. The Morgan fingerprint density at radius 1 is 1.45 bits per heavy atom. The highest BCUT2D eigenvalue weighted by Gasteiger charge is 2.16. The standard InChI is InChI=1S/C14H16ClN5/c1-4-8-5-11(19-20(8)3)9-6-17-14-12(13(9)16-2)10(15)7-18-14/h5-7H,4H2,1-3H3,(H2,16,17,18). The first-order valence-corrected chi connectivity index (χ1v) is 6.90. The molecule has 20 heavy (non-hydrogen) atoms. The first-order valence-electron chi connectivity index (χ1n) is 6.52. The van der Waals surface area contributed by atoms with Gasteiger partial charge in [0.25, 0.3) is 0 Å². The Morgan fingerprint density at radius 3 is 2.90 bits per heavy atom. The van der Waals surface area contributed by atoms with Gasteiger partial charge < -0.3 is 10.3 Å². The van der Waals surface area contributed by atoms with Crippen LogP contribution in [-0.4, -0.2) is 26.8 Å². The summed E-state index contributed by atoms with van der Waals surface area (Å²) in [4.78, 5) is 7.48. The van der Waals surface area contributed by atoms with Gasteiger partial charge in [-0.25, -0.2) is 4.98 Å². The van der Waals surface area contributed by atoms with Gasteiger partial charge in [-0.3, -0.25) is 4.68 Å². The Bertz CT molecular complexity index is 771. The second-order valence-electron chi connectivity index (χ2n) is 4.66. The zero-order chi connectivity index (χ0) is 14.3. The van der Waals surface area contributed by atoms with E-state index in [4.69, 9.17) is 11.6 Å². The van der Waals surface area contributed by atoms with Gasteiger partial charge in [-0.05, 0) is 12.5 Å². The molecule has 0 atom stereocenters. The van der Waals surface area contributed by atoms with Gasteiger partial charge in [-0.15, -0.1) is 0 Å². The Morgan fingerprint density at radius 2 is 2.25 bits per heavy atom. The lowest BCUT2D eigenvalue weighted by Gasteiger charge is -2.08. The zero-order valence-corrected chi connectivity index (χ0v) is 12.4. The molecule has 0 radical (unpaired) electrons. The third-order valence-corrected chi connectivity index (χ3v) is 3.82. The Labute approximate surface area is 122 Å². The average molecular weight is 290 g/mol. The average Bonchev–Trinajstić information content (AvgIpc) is 3.01. The fourth-order valence-corrected chi connectivity index (χ4v) is 2.72. The van der Waals surface area contributed by atoms with E-state index in [1.54, 1.807) is 6.20 Å². The number of fused-ring (bicyclic) bond motifs is 1. The third kappa shape index (κ3) is 1.86. The molecule has 0 unspecified atom stereocenters. The number of nitrogens with zero attached hydrogens (tertiary/aromatic N) is 3. The normalized spacial score (nSPS) is 11.2. The lowest BCUT2D eigenvalue weighted by molar-refractivity contribution is 0.720. The number of rotatable bonds is 3. The van der Waals surface area contributed by atoms with Crippen molar-refractivity contribution in [3.8, 4) is 11.3 Å². The Balaban J connectivity index is 2.27. The number of aryl methyl sites for hydroxylation is 2. The van der Waals surface area contributed by atoms with Crippen LogP contribution in [-0.2, 0) is 13.5 Å². The molecule has 0 aliphatic rings. The molecule has 0 aliphatic carbocycles. The van der Waals surface area contributed by atoms with E-state index in [2.05, 4.69) is 33.4 Å². The molecule has 3 aromatic heterocycles. The van der Waals surface area contributed by atoms with Crippen molar-refractivity contribution >= 4 is 28.3 Å². The van der Waals surface area contributed by atoms with E-state index in [9.17, 15) is 0 Å². The summed E-state index contributed by atoms with van der Waals surface area (Å²) in [6.07, 6.45) is 4.52. The van der Waals surface area contributed by atoms with Gasteiger partial charge >= 0.3 is 0 Å².